The topological polar surface area (TPSA) is 37.4 Å². The number of fused-ring (bicyclic) bond motifs is 5. The highest BCUT2D eigenvalue weighted by Crippen LogP contribution is 2.61. The number of nitrogens with zero attached hydrogens (tertiary/aromatic N) is 1. The molecular formula is C22H20ClNO2. The summed E-state index contributed by atoms with van der Waals surface area (Å²) in [6.07, 6.45) is 2.01. The number of halogens is 1. The van der Waals surface area contributed by atoms with E-state index < -0.39 is 0 Å². The maximum Gasteiger partial charge on any atom is 0.237 e. The summed E-state index contributed by atoms with van der Waals surface area (Å²) in [4.78, 5) is 27.7. The van der Waals surface area contributed by atoms with Crippen molar-refractivity contribution >= 4 is 29.1 Å². The van der Waals surface area contributed by atoms with Crippen LogP contribution in [-0.4, -0.2) is 11.8 Å². The van der Waals surface area contributed by atoms with Crippen LogP contribution in [0.15, 0.2) is 48.5 Å². The van der Waals surface area contributed by atoms with Gasteiger partial charge in [0, 0.05) is 5.02 Å². The molecule has 1 heterocycles. The van der Waals surface area contributed by atoms with E-state index in [1.54, 1.807) is 6.07 Å². The van der Waals surface area contributed by atoms with E-state index in [4.69, 9.17) is 11.6 Å². The molecule has 2 aromatic carbocycles. The Morgan fingerprint density at radius 3 is 2.42 bits per heavy atom. The molecule has 2 aromatic rings. The minimum atomic E-state index is -0.175. The van der Waals surface area contributed by atoms with E-state index in [1.807, 2.05) is 25.1 Å². The quantitative estimate of drug-likeness (QED) is 0.730. The van der Waals surface area contributed by atoms with E-state index >= 15 is 0 Å². The molecule has 0 spiro atoms. The molecule has 1 aliphatic heterocycles. The van der Waals surface area contributed by atoms with Gasteiger partial charge in [-0.25, -0.2) is 4.90 Å². The van der Waals surface area contributed by atoms with Crippen molar-refractivity contribution in [2.24, 2.45) is 23.7 Å². The lowest BCUT2D eigenvalue weighted by molar-refractivity contribution is -0.123. The van der Waals surface area contributed by atoms with Gasteiger partial charge in [0.15, 0.2) is 0 Å². The van der Waals surface area contributed by atoms with Crippen molar-refractivity contribution in [1.29, 1.82) is 0 Å². The van der Waals surface area contributed by atoms with Crippen LogP contribution in [0.4, 0.5) is 5.69 Å². The molecule has 132 valence electrons. The second-order valence-electron chi connectivity index (χ2n) is 7.91. The van der Waals surface area contributed by atoms with E-state index in [1.165, 1.54) is 10.5 Å². The molecule has 3 aliphatic rings. The monoisotopic (exact) mass is 365 g/mol. The lowest BCUT2D eigenvalue weighted by Crippen LogP contribution is -2.33. The van der Waals surface area contributed by atoms with Gasteiger partial charge in [0.1, 0.15) is 0 Å². The number of amides is 2. The molecule has 0 unspecified atom stereocenters. The molecular weight excluding hydrogens is 346 g/mol. The highest BCUT2D eigenvalue weighted by atomic mass is 35.5. The van der Waals surface area contributed by atoms with Crippen LogP contribution in [0.2, 0.25) is 5.02 Å². The number of carbonyl (C=O) groups excluding carboxylic acids is 2. The van der Waals surface area contributed by atoms with Gasteiger partial charge in [-0.15, -0.1) is 0 Å². The summed E-state index contributed by atoms with van der Waals surface area (Å²) in [6, 6.07) is 15.9. The Morgan fingerprint density at radius 2 is 1.69 bits per heavy atom. The minimum absolute atomic E-state index is 0.0288. The Kier molecular flexibility index (Phi) is 3.51. The first-order valence-corrected chi connectivity index (χ1v) is 9.63. The number of anilines is 1. The third-order valence-electron chi connectivity index (χ3n) is 6.66. The van der Waals surface area contributed by atoms with Gasteiger partial charge in [0.05, 0.1) is 17.5 Å². The van der Waals surface area contributed by atoms with Gasteiger partial charge in [0.25, 0.3) is 0 Å². The minimum Gasteiger partial charge on any atom is -0.274 e. The number of rotatable bonds is 2. The molecule has 26 heavy (non-hydrogen) atoms. The predicted octanol–water partition coefficient (Wildman–Crippen LogP) is 4.58. The smallest absolute Gasteiger partial charge is 0.237 e. The van der Waals surface area contributed by atoms with E-state index in [0.717, 1.165) is 18.4 Å². The average molecular weight is 366 g/mol. The van der Waals surface area contributed by atoms with Crippen LogP contribution in [0, 0.1) is 30.6 Å². The lowest BCUT2D eigenvalue weighted by Gasteiger charge is -2.28. The van der Waals surface area contributed by atoms with Gasteiger partial charge < -0.3 is 0 Å². The highest BCUT2D eigenvalue weighted by Gasteiger charge is 2.64. The Bertz CT molecular complexity index is 910. The molecule has 0 aromatic heterocycles. The molecule has 4 heteroatoms. The summed E-state index contributed by atoms with van der Waals surface area (Å²) < 4.78 is 0. The number of hydrogen-bond donors (Lipinski definition) is 0. The molecule has 2 saturated carbocycles. The SMILES string of the molecule is Cc1ccc(N2C(=O)[C@@H]3[C@@H]4C[C@@H]([C@H]3C2=O)[C@H](c2ccccc2)C4)cc1Cl. The van der Waals surface area contributed by atoms with Gasteiger partial charge >= 0.3 is 0 Å². The number of imide groups is 1. The zero-order chi connectivity index (χ0) is 18.0. The van der Waals surface area contributed by atoms with Crippen LogP contribution >= 0.6 is 11.6 Å². The molecule has 5 rings (SSSR count). The largest absolute Gasteiger partial charge is 0.274 e. The molecule has 5 atom stereocenters. The molecule has 2 bridgehead atoms. The molecule has 3 nitrogen and oxygen atoms in total. The van der Waals surface area contributed by atoms with Crippen molar-refractivity contribution in [1.82, 2.24) is 0 Å². The Hall–Kier alpha value is -2.13. The van der Waals surface area contributed by atoms with Crippen molar-refractivity contribution in [3.63, 3.8) is 0 Å². The van der Waals surface area contributed by atoms with Gasteiger partial charge in [-0.1, -0.05) is 48.0 Å². The van der Waals surface area contributed by atoms with Crippen LogP contribution in [0.25, 0.3) is 0 Å². The average Bonchev–Trinajstić information content (AvgIpc) is 3.30. The van der Waals surface area contributed by atoms with Gasteiger partial charge in [-0.3, -0.25) is 9.59 Å². The van der Waals surface area contributed by atoms with E-state index in [9.17, 15) is 9.59 Å². The molecule has 0 N–H and O–H groups in total. The summed E-state index contributed by atoms with van der Waals surface area (Å²) >= 11 is 6.23. The number of carbonyl (C=O) groups is 2. The van der Waals surface area contributed by atoms with Gasteiger partial charge in [-0.2, -0.15) is 0 Å². The second-order valence-corrected chi connectivity index (χ2v) is 8.32. The standard InChI is InChI=1S/C22H20ClNO2/c1-12-7-8-15(11-18(12)23)24-21(25)19-14-9-16(13-5-3-2-4-6-13)17(10-14)20(19)22(24)26/h2-8,11,14,16-17,19-20H,9-10H2,1H3/t14-,16-,17+,19+,20+/m0/s1. The van der Waals surface area contributed by atoms with Crippen molar-refractivity contribution in [2.45, 2.75) is 25.7 Å². The maximum absolute atomic E-state index is 13.2. The summed E-state index contributed by atoms with van der Waals surface area (Å²) in [6.45, 7) is 1.92. The van der Waals surface area contributed by atoms with Crippen LogP contribution in [0.1, 0.15) is 29.9 Å². The van der Waals surface area contributed by atoms with Crippen molar-refractivity contribution < 1.29 is 9.59 Å². The first-order chi connectivity index (χ1) is 12.6. The summed E-state index contributed by atoms with van der Waals surface area (Å²) in [5.41, 5.74) is 2.86. The first kappa shape index (κ1) is 16.1. The predicted molar refractivity (Wildman–Crippen MR) is 101 cm³/mol. The van der Waals surface area contributed by atoms with E-state index in [0.29, 0.717) is 22.5 Å². The molecule has 0 radical (unpaired) electrons. The third-order valence-corrected chi connectivity index (χ3v) is 7.06. The fourth-order valence-corrected chi connectivity index (χ4v) is 5.69. The van der Waals surface area contributed by atoms with Gasteiger partial charge in [0.2, 0.25) is 11.8 Å². The highest BCUT2D eigenvalue weighted by molar-refractivity contribution is 6.32. The maximum atomic E-state index is 13.2. The fourth-order valence-electron chi connectivity index (χ4n) is 5.52. The number of aryl methyl sites for hydroxylation is 1. The zero-order valence-electron chi connectivity index (χ0n) is 14.6. The van der Waals surface area contributed by atoms with Crippen molar-refractivity contribution in [3.05, 3.63) is 64.7 Å². The van der Waals surface area contributed by atoms with Gasteiger partial charge in [-0.05, 0) is 60.8 Å². The molecule has 3 fully saturated rings. The molecule has 1 saturated heterocycles. The second kappa shape index (κ2) is 5.68. The molecule has 2 amide bonds. The van der Waals surface area contributed by atoms with Crippen LogP contribution < -0.4 is 4.90 Å². The lowest BCUT2D eigenvalue weighted by atomic mass is 9.73. The zero-order valence-corrected chi connectivity index (χ0v) is 15.3. The Labute approximate surface area is 158 Å². The first-order valence-electron chi connectivity index (χ1n) is 9.25. The molecule has 2 aliphatic carbocycles. The van der Waals surface area contributed by atoms with Crippen molar-refractivity contribution in [2.75, 3.05) is 4.90 Å². The van der Waals surface area contributed by atoms with E-state index in [2.05, 4.69) is 24.3 Å². The number of hydrogen-bond acceptors (Lipinski definition) is 2. The summed E-state index contributed by atoms with van der Waals surface area (Å²) in [5.74, 6) is 0.596. The van der Waals surface area contributed by atoms with E-state index in [-0.39, 0.29) is 29.6 Å². The Balaban J connectivity index is 1.50. The summed E-state index contributed by atoms with van der Waals surface area (Å²) in [5, 5.41) is 0.588. The van der Waals surface area contributed by atoms with Crippen LogP contribution in [-0.2, 0) is 9.59 Å². The normalized spacial score (nSPS) is 32.4. The third kappa shape index (κ3) is 2.13. The van der Waals surface area contributed by atoms with Crippen molar-refractivity contribution in [3.8, 4) is 0 Å². The fraction of sp³-hybridized carbons (Fsp3) is 0.364. The number of benzene rings is 2. The Morgan fingerprint density at radius 1 is 0.962 bits per heavy atom. The summed E-state index contributed by atoms with van der Waals surface area (Å²) in [7, 11) is 0. The van der Waals surface area contributed by atoms with Crippen LogP contribution in [0.5, 0.6) is 0 Å². The van der Waals surface area contributed by atoms with Crippen LogP contribution in [0.3, 0.4) is 0 Å².